The number of aliphatic hydroxyl groups is 1. The van der Waals surface area contributed by atoms with Gasteiger partial charge >= 0.3 is 0 Å². The van der Waals surface area contributed by atoms with Gasteiger partial charge in [0.15, 0.2) is 11.6 Å². The van der Waals surface area contributed by atoms with Gasteiger partial charge in [-0.15, -0.1) is 12.4 Å². The predicted molar refractivity (Wildman–Crippen MR) is 54.2 cm³/mol. The molecule has 1 aromatic carbocycles. The molecule has 3 N–H and O–H groups in total. The van der Waals surface area contributed by atoms with Gasteiger partial charge in [-0.05, 0) is 12.1 Å². The number of halogens is 2. The molecule has 0 aliphatic carbocycles. The molecule has 0 spiro atoms. The molecule has 0 saturated carbocycles. The van der Waals surface area contributed by atoms with Crippen LogP contribution >= 0.6 is 12.4 Å². The summed E-state index contributed by atoms with van der Waals surface area (Å²) in [6, 6.07) is 6.03. The Balaban J connectivity index is 0.00000169. The molecule has 0 saturated heterocycles. The standard InChI is InChI=1S/C9H12FNO2.ClH/c10-8-3-1-2-4-9(8)13-6-7(12)5-11;/h1-4,7,12H,5-6,11H2;1H/t7-;/m0./s1. The van der Waals surface area contributed by atoms with Crippen molar-refractivity contribution in [3.05, 3.63) is 30.1 Å². The number of aliphatic hydroxyl groups excluding tert-OH is 1. The third-order valence-corrected chi connectivity index (χ3v) is 1.54. The Labute approximate surface area is 88.1 Å². The van der Waals surface area contributed by atoms with Crippen molar-refractivity contribution in [1.29, 1.82) is 0 Å². The maximum absolute atomic E-state index is 12.9. The number of nitrogens with two attached hydrogens (primary N) is 1. The van der Waals surface area contributed by atoms with Gasteiger partial charge in [0.1, 0.15) is 12.7 Å². The van der Waals surface area contributed by atoms with Crippen LogP contribution in [0.1, 0.15) is 0 Å². The van der Waals surface area contributed by atoms with Gasteiger partial charge < -0.3 is 15.6 Å². The average Bonchev–Trinajstić information content (AvgIpc) is 2.16. The van der Waals surface area contributed by atoms with Crippen LogP contribution < -0.4 is 10.5 Å². The largest absolute Gasteiger partial charge is 0.488 e. The van der Waals surface area contributed by atoms with Crippen molar-refractivity contribution in [3.8, 4) is 5.75 Å². The molecule has 5 heteroatoms. The van der Waals surface area contributed by atoms with E-state index in [-0.39, 0.29) is 31.3 Å². The molecule has 1 aromatic rings. The minimum Gasteiger partial charge on any atom is -0.488 e. The lowest BCUT2D eigenvalue weighted by molar-refractivity contribution is 0.112. The summed E-state index contributed by atoms with van der Waals surface area (Å²) in [5, 5.41) is 9.04. The van der Waals surface area contributed by atoms with E-state index in [1.807, 2.05) is 0 Å². The van der Waals surface area contributed by atoms with Crippen LogP contribution in [0.5, 0.6) is 5.75 Å². The minimum absolute atomic E-state index is 0. The number of ether oxygens (including phenoxy) is 1. The Hall–Kier alpha value is -0.840. The average molecular weight is 222 g/mol. The summed E-state index contributed by atoms with van der Waals surface area (Å²) in [6.07, 6.45) is -0.750. The van der Waals surface area contributed by atoms with E-state index in [1.54, 1.807) is 12.1 Å². The van der Waals surface area contributed by atoms with Crippen LogP contribution in [0.25, 0.3) is 0 Å². The van der Waals surface area contributed by atoms with E-state index < -0.39 is 11.9 Å². The fraction of sp³-hybridized carbons (Fsp3) is 0.333. The Kier molecular flexibility index (Phi) is 6.19. The molecule has 1 rings (SSSR count). The van der Waals surface area contributed by atoms with Gasteiger partial charge in [-0.1, -0.05) is 12.1 Å². The van der Waals surface area contributed by atoms with Crippen molar-refractivity contribution < 1.29 is 14.2 Å². The van der Waals surface area contributed by atoms with Crippen LogP contribution in [0.4, 0.5) is 4.39 Å². The van der Waals surface area contributed by atoms with Crippen molar-refractivity contribution in [2.24, 2.45) is 5.73 Å². The zero-order chi connectivity index (χ0) is 9.68. The Bertz CT molecular complexity index is 273. The summed E-state index contributed by atoms with van der Waals surface area (Å²) in [4.78, 5) is 0. The molecule has 0 bridgehead atoms. The smallest absolute Gasteiger partial charge is 0.165 e. The molecule has 0 heterocycles. The second kappa shape index (κ2) is 6.59. The van der Waals surface area contributed by atoms with E-state index in [4.69, 9.17) is 15.6 Å². The summed E-state index contributed by atoms with van der Waals surface area (Å²) in [5.41, 5.74) is 5.15. The lowest BCUT2D eigenvalue weighted by Gasteiger charge is -2.10. The monoisotopic (exact) mass is 221 g/mol. The van der Waals surface area contributed by atoms with E-state index in [9.17, 15) is 4.39 Å². The lowest BCUT2D eigenvalue weighted by Crippen LogP contribution is -2.26. The summed E-state index contributed by atoms with van der Waals surface area (Å²) < 4.78 is 17.9. The van der Waals surface area contributed by atoms with Gasteiger partial charge in [-0.25, -0.2) is 4.39 Å². The van der Waals surface area contributed by atoms with Crippen LogP contribution in [0.3, 0.4) is 0 Å². The fourth-order valence-electron chi connectivity index (χ4n) is 0.816. The topological polar surface area (TPSA) is 55.5 Å². The molecule has 80 valence electrons. The summed E-state index contributed by atoms with van der Waals surface area (Å²) in [5.74, 6) is -0.304. The van der Waals surface area contributed by atoms with Crippen LogP contribution in [-0.2, 0) is 0 Å². The zero-order valence-corrected chi connectivity index (χ0v) is 8.34. The van der Waals surface area contributed by atoms with Crippen LogP contribution in [-0.4, -0.2) is 24.4 Å². The van der Waals surface area contributed by atoms with E-state index >= 15 is 0 Å². The van der Waals surface area contributed by atoms with Crippen molar-refractivity contribution in [2.45, 2.75) is 6.10 Å². The van der Waals surface area contributed by atoms with E-state index in [1.165, 1.54) is 12.1 Å². The molecule has 0 radical (unpaired) electrons. The van der Waals surface area contributed by atoms with Gasteiger partial charge in [0, 0.05) is 6.54 Å². The van der Waals surface area contributed by atoms with Gasteiger partial charge in [-0.3, -0.25) is 0 Å². The summed E-state index contributed by atoms with van der Waals surface area (Å²) in [7, 11) is 0. The second-order valence-electron chi connectivity index (χ2n) is 2.63. The van der Waals surface area contributed by atoms with Gasteiger partial charge in [0.25, 0.3) is 0 Å². The molecule has 3 nitrogen and oxygen atoms in total. The first-order chi connectivity index (χ1) is 6.24. The molecule has 0 aliphatic rings. The Morgan fingerprint density at radius 1 is 1.43 bits per heavy atom. The van der Waals surface area contributed by atoms with Crippen LogP contribution in [0.15, 0.2) is 24.3 Å². The Morgan fingerprint density at radius 3 is 2.64 bits per heavy atom. The first-order valence-corrected chi connectivity index (χ1v) is 3.99. The number of para-hydroxylation sites is 1. The van der Waals surface area contributed by atoms with Crippen molar-refractivity contribution in [1.82, 2.24) is 0 Å². The number of hydrogen-bond acceptors (Lipinski definition) is 3. The highest BCUT2D eigenvalue weighted by Gasteiger charge is 2.05. The van der Waals surface area contributed by atoms with E-state index in [2.05, 4.69) is 0 Å². The fourth-order valence-corrected chi connectivity index (χ4v) is 0.816. The molecule has 0 unspecified atom stereocenters. The van der Waals surface area contributed by atoms with Crippen molar-refractivity contribution in [2.75, 3.05) is 13.2 Å². The molecule has 0 fully saturated rings. The normalized spacial score (nSPS) is 11.6. The van der Waals surface area contributed by atoms with E-state index in [0.29, 0.717) is 0 Å². The molecular formula is C9H13ClFNO2. The SMILES string of the molecule is Cl.NC[C@H](O)COc1ccccc1F. The lowest BCUT2D eigenvalue weighted by atomic mass is 10.3. The highest BCUT2D eigenvalue weighted by Crippen LogP contribution is 2.15. The second-order valence-corrected chi connectivity index (χ2v) is 2.63. The minimum atomic E-state index is -0.750. The molecule has 0 aliphatic heterocycles. The summed E-state index contributed by atoms with van der Waals surface area (Å²) >= 11 is 0. The van der Waals surface area contributed by atoms with Gasteiger partial charge in [0.2, 0.25) is 0 Å². The Morgan fingerprint density at radius 2 is 2.07 bits per heavy atom. The van der Waals surface area contributed by atoms with Crippen LogP contribution in [0, 0.1) is 5.82 Å². The molecule has 1 atom stereocenters. The molecular weight excluding hydrogens is 209 g/mol. The maximum atomic E-state index is 12.9. The first-order valence-electron chi connectivity index (χ1n) is 3.99. The number of hydrogen-bond donors (Lipinski definition) is 2. The van der Waals surface area contributed by atoms with Crippen molar-refractivity contribution >= 4 is 12.4 Å². The van der Waals surface area contributed by atoms with Crippen LogP contribution in [0.2, 0.25) is 0 Å². The molecule has 14 heavy (non-hydrogen) atoms. The predicted octanol–water partition coefficient (Wildman–Crippen LogP) is 0.946. The third-order valence-electron chi connectivity index (χ3n) is 1.54. The van der Waals surface area contributed by atoms with Gasteiger partial charge in [0.05, 0.1) is 0 Å². The van der Waals surface area contributed by atoms with E-state index in [0.717, 1.165) is 0 Å². The van der Waals surface area contributed by atoms with Crippen molar-refractivity contribution in [3.63, 3.8) is 0 Å². The van der Waals surface area contributed by atoms with Gasteiger partial charge in [-0.2, -0.15) is 0 Å². The highest BCUT2D eigenvalue weighted by molar-refractivity contribution is 5.85. The summed E-state index contributed by atoms with van der Waals surface area (Å²) in [6.45, 7) is 0.117. The maximum Gasteiger partial charge on any atom is 0.165 e. The number of rotatable bonds is 4. The number of benzene rings is 1. The molecule has 0 aromatic heterocycles. The molecule has 0 amide bonds. The third kappa shape index (κ3) is 3.91. The zero-order valence-electron chi connectivity index (χ0n) is 7.52. The first kappa shape index (κ1) is 13.2. The quantitative estimate of drug-likeness (QED) is 0.796. The highest BCUT2D eigenvalue weighted by atomic mass is 35.5.